The molecule has 0 N–H and O–H groups in total. The first-order chi connectivity index (χ1) is 13.5. The molecule has 0 unspecified atom stereocenters. The zero-order chi connectivity index (χ0) is 19.3. The summed E-state index contributed by atoms with van der Waals surface area (Å²) in [4.78, 5) is 7.77. The Morgan fingerprint density at radius 1 is 1.00 bits per heavy atom. The standard InChI is InChI=1S/C19H19N5O2S2/c1-14-13-24-18(20-14)27-19(21-24)22-8-10-23(11-9-22)28(25,26)17-7-6-15-4-2-3-5-16(15)12-17/h2-7,12-13H,8-11H2,1H3. The van der Waals surface area contributed by atoms with Crippen molar-refractivity contribution in [3.63, 3.8) is 0 Å². The Morgan fingerprint density at radius 2 is 1.75 bits per heavy atom. The molecule has 1 aliphatic rings. The molecule has 1 saturated heterocycles. The highest BCUT2D eigenvalue weighted by molar-refractivity contribution is 7.89. The van der Waals surface area contributed by atoms with Gasteiger partial charge >= 0.3 is 0 Å². The number of imidazole rings is 1. The summed E-state index contributed by atoms with van der Waals surface area (Å²) in [6, 6.07) is 13.1. The lowest BCUT2D eigenvalue weighted by atomic mass is 10.1. The lowest BCUT2D eigenvalue weighted by Crippen LogP contribution is -2.48. The first-order valence-corrected chi connectivity index (χ1v) is 11.3. The van der Waals surface area contributed by atoms with E-state index in [1.165, 1.54) is 11.3 Å². The van der Waals surface area contributed by atoms with Crippen LogP contribution in [0, 0.1) is 6.92 Å². The molecule has 28 heavy (non-hydrogen) atoms. The maximum Gasteiger partial charge on any atom is 0.243 e. The number of aryl methyl sites for hydroxylation is 1. The fourth-order valence-electron chi connectivity index (χ4n) is 3.52. The van der Waals surface area contributed by atoms with Gasteiger partial charge in [0.15, 0.2) is 0 Å². The van der Waals surface area contributed by atoms with Gasteiger partial charge in [0.2, 0.25) is 20.1 Å². The molecule has 5 rings (SSSR count). The predicted molar refractivity (Wildman–Crippen MR) is 111 cm³/mol. The second kappa shape index (κ2) is 6.54. The monoisotopic (exact) mass is 413 g/mol. The van der Waals surface area contributed by atoms with Gasteiger partial charge < -0.3 is 4.90 Å². The van der Waals surface area contributed by atoms with Crippen LogP contribution in [0.25, 0.3) is 15.7 Å². The Morgan fingerprint density at radius 3 is 2.50 bits per heavy atom. The number of sulfonamides is 1. The van der Waals surface area contributed by atoms with E-state index < -0.39 is 10.0 Å². The van der Waals surface area contributed by atoms with Crippen LogP contribution in [0.1, 0.15) is 5.69 Å². The number of fused-ring (bicyclic) bond motifs is 2. The van der Waals surface area contributed by atoms with Crippen molar-refractivity contribution >= 4 is 42.2 Å². The van der Waals surface area contributed by atoms with Gasteiger partial charge in [0.25, 0.3) is 0 Å². The van der Waals surface area contributed by atoms with Gasteiger partial charge in [-0.25, -0.2) is 17.9 Å². The topological polar surface area (TPSA) is 70.8 Å². The highest BCUT2D eigenvalue weighted by Crippen LogP contribution is 2.27. The Labute approximate surface area is 166 Å². The van der Waals surface area contributed by atoms with Crippen LogP contribution in [0.3, 0.4) is 0 Å². The van der Waals surface area contributed by atoms with Crippen LogP contribution in [0.5, 0.6) is 0 Å². The third-order valence-electron chi connectivity index (χ3n) is 5.02. The summed E-state index contributed by atoms with van der Waals surface area (Å²) in [6.45, 7) is 4.05. The van der Waals surface area contributed by atoms with Crippen molar-refractivity contribution in [1.82, 2.24) is 18.9 Å². The van der Waals surface area contributed by atoms with Crippen molar-refractivity contribution in [3.8, 4) is 0 Å². The molecule has 0 spiro atoms. The minimum atomic E-state index is -3.51. The summed E-state index contributed by atoms with van der Waals surface area (Å²) < 4.78 is 29.5. The largest absolute Gasteiger partial charge is 0.344 e. The lowest BCUT2D eigenvalue weighted by molar-refractivity contribution is 0.384. The van der Waals surface area contributed by atoms with Crippen molar-refractivity contribution in [2.45, 2.75) is 11.8 Å². The number of aromatic nitrogens is 3. The minimum absolute atomic E-state index is 0.350. The second-order valence-corrected chi connectivity index (χ2v) is 9.77. The number of nitrogens with zero attached hydrogens (tertiary/aromatic N) is 5. The van der Waals surface area contributed by atoms with Gasteiger partial charge in [-0.2, -0.15) is 4.31 Å². The molecule has 0 aliphatic carbocycles. The van der Waals surface area contributed by atoms with Crippen LogP contribution in [0.4, 0.5) is 5.13 Å². The van der Waals surface area contributed by atoms with Gasteiger partial charge in [0, 0.05) is 26.2 Å². The maximum absolute atomic E-state index is 13.1. The Bertz CT molecular complexity index is 1240. The summed E-state index contributed by atoms with van der Waals surface area (Å²) in [5.74, 6) is 0. The van der Waals surface area contributed by atoms with Gasteiger partial charge in [-0.1, -0.05) is 41.7 Å². The number of piperazine rings is 1. The minimum Gasteiger partial charge on any atom is -0.344 e. The summed E-state index contributed by atoms with van der Waals surface area (Å²) >= 11 is 1.53. The zero-order valence-electron chi connectivity index (χ0n) is 15.3. The van der Waals surface area contributed by atoms with Gasteiger partial charge in [-0.3, -0.25) is 0 Å². The zero-order valence-corrected chi connectivity index (χ0v) is 16.9. The van der Waals surface area contributed by atoms with Gasteiger partial charge in [0.05, 0.1) is 16.8 Å². The number of hydrogen-bond acceptors (Lipinski definition) is 6. The molecule has 0 amide bonds. The fourth-order valence-corrected chi connectivity index (χ4v) is 5.96. The molecule has 0 radical (unpaired) electrons. The van der Waals surface area contributed by atoms with Gasteiger partial charge in [0.1, 0.15) is 0 Å². The van der Waals surface area contributed by atoms with Gasteiger partial charge in [-0.05, 0) is 29.8 Å². The Hall–Kier alpha value is -2.49. The van der Waals surface area contributed by atoms with E-state index in [1.54, 1.807) is 21.0 Å². The Kier molecular flexibility index (Phi) is 4.11. The van der Waals surface area contributed by atoms with E-state index >= 15 is 0 Å². The molecule has 9 heteroatoms. The van der Waals surface area contributed by atoms with Gasteiger partial charge in [-0.15, -0.1) is 5.10 Å². The molecular formula is C19H19N5O2S2. The fraction of sp³-hybridized carbons (Fsp3) is 0.263. The molecule has 1 aliphatic heterocycles. The van der Waals surface area contributed by atoms with E-state index in [-0.39, 0.29) is 0 Å². The van der Waals surface area contributed by atoms with Crippen LogP contribution < -0.4 is 4.90 Å². The third-order valence-corrected chi connectivity index (χ3v) is 7.90. The quantitative estimate of drug-likeness (QED) is 0.517. The summed E-state index contributed by atoms with van der Waals surface area (Å²) in [5.41, 5.74) is 0.941. The molecule has 2 aromatic carbocycles. The van der Waals surface area contributed by atoms with E-state index in [0.29, 0.717) is 31.1 Å². The number of benzene rings is 2. The van der Waals surface area contributed by atoms with E-state index in [0.717, 1.165) is 26.6 Å². The van der Waals surface area contributed by atoms with Crippen molar-refractivity contribution in [2.75, 3.05) is 31.1 Å². The normalized spacial score (nSPS) is 16.2. The van der Waals surface area contributed by atoms with E-state index in [2.05, 4.69) is 15.0 Å². The van der Waals surface area contributed by atoms with Crippen molar-refractivity contribution in [3.05, 3.63) is 54.4 Å². The predicted octanol–water partition coefficient (Wildman–Crippen LogP) is 2.76. The van der Waals surface area contributed by atoms with Crippen LogP contribution in [0.15, 0.2) is 53.6 Å². The lowest BCUT2D eigenvalue weighted by Gasteiger charge is -2.33. The summed E-state index contributed by atoms with van der Waals surface area (Å²) in [6.07, 6.45) is 1.90. The third kappa shape index (κ3) is 2.95. The maximum atomic E-state index is 13.1. The van der Waals surface area contributed by atoms with Crippen LogP contribution in [-0.2, 0) is 10.0 Å². The van der Waals surface area contributed by atoms with Crippen LogP contribution >= 0.6 is 11.3 Å². The molecule has 7 nitrogen and oxygen atoms in total. The molecule has 4 aromatic rings. The Balaban J connectivity index is 1.35. The van der Waals surface area contributed by atoms with Crippen LogP contribution in [0.2, 0.25) is 0 Å². The average Bonchev–Trinajstić information content (AvgIpc) is 3.25. The van der Waals surface area contributed by atoms with E-state index in [4.69, 9.17) is 0 Å². The second-order valence-electron chi connectivity index (χ2n) is 6.89. The molecule has 0 saturated carbocycles. The van der Waals surface area contributed by atoms with Crippen molar-refractivity contribution < 1.29 is 8.42 Å². The summed E-state index contributed by atoms with van der Waals surface area (Å²) in [7, 11) is -3.51. The average molecular weight is 414 g/mol. The molecule has 144 valence electrons. The van der Waals surface area contributed by atoms with E-state index in [9.17, 15) is 8.42 Å². The number of anilines is 1. The molecule has 1 fully saturated rings. The smallest absolute Gasteiger partial charge is 0.243 e. The molecule has 0 atom stereocenters. The first kappa shape index (κ1) is 17.6. The number of rotatable bonds is 3. The highest BCUT2D eigenvalue weighted by atomic mass is 32.2. The molecule has 3 heterocycles. The molecular weight excluding hydrogens is 394 g/mol. The number of hydrogen-bond donors (Lipinski definition) is 0. The van der Waals surface area contributed by atoms with Crippen molar-refractivity contribution in [1.29, 1.82) is 0 Å². The summed E-state index contributed by atoms with van der Waals surface area (Å²) in [5, 5.41) is 7.42. The molecule has 0 bridgehead atoms. The van der Waals surface area contributed by atoms with E-state index in [1.807, 2.05) is 43.5 Å². The first-order valence-electron chi connectivity index (χ1n) is 9.07. The van der Waals surface area contributed by atoms with Crippen molar-refractivity contribution in [2.24, 2.45) is 0 Å². The SMILES string of the molecule is Cc1cn2nc(N3CCN(S(=O)(=O)c4ccc5ccccc5c4)CC3)sc2n1. The highest BCUT2D eigenvalue weighted by Gasteiger charge is 2.29. The van der Waals surface area contributed by atoms with Crippen LogP contribution in [-0.4, -0.2) is 53.5 Å². The molecule has 2 aromatic heterocycles.